The fourth-order valence-corrected chi connectivity index (χ4v) is 2.07. The van der Waals surface area contributed by atoms with Crippen LogP contribution in [0.5, 0.6) is 0 Å². The maximum Gasteiger partial charge on any atom is 0.191 e. The topological polar surface area (TPSA) is 62.5 Å². The molecule has 0 bridgehead atoms. The van der Waals surface area contributed by atoms with E-state index in [1.54, 1.807) is 13.3 Å². The normalized spacial score (nSPS) is 12.4. The van der Waals surface area contributed by atoms with E-state index in [0.717, 1.165) is 18.2 Å². The van der Waals surface area contributed by atoms with E-state index in [4.69, 9.17) is 4.52 Å². The number of guanidine groups is 1. The largest absolute Gasteiger partial charge is 0.364 e. The smallest absolute Gasteiger partial charge is 0.191 e. The van der Waals surface area contributed by atoms with Gasteiger partial charge in [0.05, 0.1) is 6.54 Å². The summed E-state index contributed by atoms with van der Waals surface area (Å²) in [5.41, 5.74) is 3.46. The van der Waals surface area contributed by atoms with Crippen LogP contribution in [0.15, 0.2) is 46.1 Å². The van der Waals surface area contributed by atoms with Crippen molar-refractivity contribution in [3.8, 4) is 0 Å². The molecule has 0 aliphatic rings. The van der Waals surface area contributed by atoms with Gasteiger partial charge in [0.25, 0.3) is 0 Å². The standard InChI is InChI=1S/C16H22N4O.HI/c1-12-5-4-6-14(9-12)13(2)10-18-16(17-3)19-11-15-7-8-21-20-15;/h4-9,13H,10-11H2,1-3H3,(H2,17,18,19);1H. The molecule has 120 valence electrons. The van der Waals surface area contributed by atoms with Crippen molar-refractivity contribution in [2.24, 2.45) is 4.99 Å². The first kappa shape index (κ1) is 18.5. The predicted molar refractivity (Wildman–Crippen MR) is 99.7 cm³/mol. The van der Waals surface area contributed by atoms with Crippen LogP contribution >= 0.6 is 24.0 Å². The van der Waals surface area contributed by atoms with Crippen LogP contribution in [0.2, 0.25) is 0 Å². The Balaban J connectivity index is 0.00000242. The van der Waals surface area contributed by atoms with Crippen molar-refractivity contribution < 1.29 is 4.52 Å². The molecule has 5 nitrogen and oxygen atoms in total. The van der Waals surface area contributed by atoms with E-state index in [2.05, 4.69) is 58.9 Å². The maximum atomic E-state index is 4.80. The zero-order chi connectivity index (χ0) is 15.1. The van der Waals surface area contributed by atoms with Crippen molar-refractivity contribution >= 4 is 29.9 Å². The zero-order valence-electron chi connectivity index (χ0n) is 13.2. The van der Waals surface area contributed by atoms with Crippen LogP contribution in [0.25, 0.3) is 0 Å². The van der Waals surface area contributed by atoms with Crippen molar-refractivity contribution in [3.63, 3.8) is 0 Å². The van der Waals surface area contributed by atoms with Crippen LogP contribution < -0.4 is 10.6 Å². The molecule has 2 N–H and O–H groups in total. The number of aryl methyl sites for hydroxylation is 1. The molecule has 1 aromatic heterocycles. The fraction of sp³-hybridized carbons (Fsp3) is 0.375. The summed E-state index contributed by atoms with van der Waals surface area (Å²) in [4.78, 5) is 4.21. The first-order valence-corrected chi connectivity index (χ1v) is 7.09. The summed E-state index contributed by atoms with van der Waals surface area (Å²) >= 11 is 0. The van der Waals surface area contributed by atoms with Gasteiger partial charge in [0.1, 0.15) is 12.0 Å². The number of aliphatic imine (C=N–C) groups is 1. The number of rotatable bonds is 5. The lowest BCUT2D eigenvalue weighted by atomic mass is 9.99. The molecule has 0 radical (unpaired) electrons. The third-order valence-electron chi connectivity index (χ3n) is 3.34. The number of hydrogen-bond acceptors (Lipinski definition) is 3. The van der Waals surface area contributed by atoms with Gasteiger partial charge in [-0.2, -0.15) is 0 Å². The molecule has 0 aliphatic carbocycles. The molecule has 0 saturated heterocycles. The third kappa shape index (κ3) is 5.67. The molecule has 1 heterocycles. The SMILES string of the molecule is CN=C(NCc1ccon1)NCC(C)c1cccc(C)c1.I. The lowest BCUT2D eigenvalue weighted by Crippen LogP contribution is -2.38. The van der Waals surface area contributed by atoms with Gasteiger partial charge in [0.15, 0.2) is 5.96 Å². The second-order valence-electron chi connectivity index (χ2n) is 5.11. The summed E-state index contributed by atoms with van der Waals surface area (Å²) in [6.07, 6.45) is 1.56. The van der Waals surface area contributed by atoms with Gasteiger partial charge in [0, 0.05) is 19.7 Å². The van der Waals surface area contributed by atoms with Crippen molar-refractivity contribution in [2.75, 3.05) is 13.6 Å². The van der Waals surface area contributed by atoms with E-state index in [9.17, 15) is 0 Å². The fourth-order valence-electron chi connectivity index (χ4n) is 2.07. The van der Waals surface area contributed by atoms with Gasteiger partial charge >= 0.3 is 0 Å². The van der Waals surface area contributed by atoms with Gasteiger partial charge in [-0.25, -0.2) is 0 Å². The highest BCUT2D eigenvalue weighted by Gasteiger charge is 2.07. The predicted octanol–water partition coefficient (Wildman–Crippen LogP) is 3.07. The van der Waals surface area contributed by atoms with Gasteiger partial charge in [-0.3, -0.25) is 4.99 Å². The molecule has 0 aliphatic heterocycles. The van der Waals surface area contributed by atoms with Crippen molar-refractivity contribution in [1.82, 2.24) is 15.8 Å². The maximum absolute atomic E-state index is 4.80. The summed E-state index contributed by atoms with van der Waals surface area (Å²) in [6.45, 7) is 5.73. The molecule has 1 aromatic carbocycles. The van der Waals surface area contributed by atoms with Crippen LogP contribution in [-0.2, 0) is 6.54 Å². The number of nitrogens with one attached hydrogen (secondary N) is 2. The van der Waals surface area contributed by atoms with E-state index in [-0.39, 0.29) is 24.0 Å². The number of benzene rings is 1. The molecule has 2 aromatic rings. The van der Waals surface area contributed by atoms with Gasteiger partial charge in [-0.05, 0) is 18.4 Å². The van der Waals surface area contributed by atoms with Crippen LogP contribution in [0, 0.1) is 6.92 Å². The van der Waals surface area contributed by atoms with E-state index in [1.807, 2.05) is 6.07 Å². The second-order valence-corrected chi connectivity index (χ2v) is 5.11. The van der Waals surface area contributed by atoms with Crippen LogP contribution in [0.1, 0.15) is 29.7 Å². The molecule has 0 fully saturated rings. The van der Waals surface area contributed by atoms with E-state index in [0.29, 0.717) is 12.5 Å². The molecule has 6 heteroatoms. The Labute approximate surface area is 148 Å². The number of hydrogen-bond donors (Lipinski definition) is 2. The Hall–Kier alpha value is -1.57. The van der Waals surface area contributed by atoms with E-state index in [1.165, 1.54) is 11.1 Å². The van der Waals surface area contributed by atoms with Crippen molar-refractivity contribution in [3.05, 3.63) is 53.4 Å². The monoisotopic (exact) mass is 414 g/mol. The Morgan fingerprint density at radius 3 is 2.77 bits per heavy atom. The Kier molecular flexibility index (Phi) is 7.94. The van der Waals surface area contributed by atoms with Crippen molar-refractivity contribution in [2.45, 2.75) is 26.3 Å². The van der Waals surface area contributed by atoms with Gasteiger partial charge in [-0.1, -0.05) is 41.9 Å². The highest BCUT2D eigenvalue weighted by atomic mass is 127. The summed E-state index contributed by atoms with van der Waals surface area (Å²) in [5.74, 6) is 1.17. The summed E-state index contributed by atoms with van der Waals surface area (Å²) in [6, 6.07) is 10.4. The van der Waals surface area contributed by atoms with Crippen LogP contribution in [0.3, 0.4) is 0 Å². The lowest BCUT2D eigenvalue weighted by Gasteiger charge is -2.16. The number of nitrogens with zero attached hydrogens (tertiary/aromatic N) is 2. The average molecular weight is 414 g/mol. The van der Waals surface area contributed by atoms with Gasteiger partial charge < -0.3 is 15.2 Å². The molecular weight excluding hydrogens is 391 g/mol. The minimum atomic E-state index is 0. The minimum Gasteiger partial charge on any atom is -0.364 e. The lowest BCUT2D eigenvalue weighted by molar-refractivity contribution is 0.410. The van der Waals surface area contributed by atoms with Gasteiger partial charge in [0.2, 0.25) is 0 Å². The molecule has 0 spiro atoms. The summed E-state index contributed by atoms with van der Waals surface area (Å²) in [7, 11) is 1.76. The van der Waals surface area contributed by atoms with E-state index >= 15 is 0 Å². The van der Waals surface area contributed by atoms with Gasteiger partial charge in [-0.15, -0.1) is 24.0 Å². The third-order valence-corrected chi connectivity index (χ3v) is 3.34. The molecule has 0 saturated carbocycles. The highest BCUT2D eigenvalue weighted by Crippen LogP contribution is 2.15. The number of aromatic nitrogens is 1. The Morgan fingerprint density at radius 1 is 1.32 bits per heavy atom. The molecule has 2 rings (SSSR count). The Bertz CT molecular complexity index is 584. The highest BCUT2D eigenvalue weighted by molar-refractivity contribution is 14.0. The summed E-state index contributed by atoms with van der Waals surface area (Å²) in [5, 5.41) is 10.4. The first-order valence-electron chi connectivity index (χ1n) is 7.09. The molecule has 22 heavy (non-hydrogen) atoms. The summed E-state index contributed by atoms with van der Waals surface area (Å²) < 4.78 is 4.80. The second kappa shape index (κ2) is 9.45. The van der Waals surface area contributed by atoms with Crippen LogP contribution in [-0.4, -0.2) is 24.7 Å². The average Bonchev–Trinajstić information content (AvgIpc) is 3.00. The van der Waals surface area contributed by atoms with Crippen molar-refractivity contribution in [1.29, 1.82) is 0 Å². The minimum absolute atomic E-state index is 0. The molecule has 0 amide bonds. The quantitative estimate of drug-likeness (QED) is 0.449. The molecule has 1 unspecified atom stereocenters. The Morgan fingerprint density at radius 2 is 2.14 bits per heavy atom. The molecule has 1 atom stereocenters. The van der Waals surface area contributed by atoms with Crippen LogP contribution in [0.4, 0.5) is 0 Å². The zero-order valence-corrected chi connectivity index (χ0v) is 15.5. The first-order chi connectivity index (χ1) is 10.2. The van der Waals surface area contributed by atoms with E-state index < -0.39 is 0 Å². The molecular formula is C16H23IN4O. The number of halogens is 1.